The van der Waals surface area contributed by atoms with Crippen molar-refractivity contribution >= 4 is 0 Å². The molecule has 2 N–H and O–H groups in total. The predicted octanol–water partition coefficient (Wildman–Crippen LogP) is 3.75. The standard InChI is InChI=1S/C19H32O2/c1-18-9-4-3-5-12(18)6-7-13-14(18)8-10-19(2)16(21)11-15(20)17(13)19/h12-17,20-21H,3-11H2,1-2H3/t12-,13-,14+,15-,16+,17-,18+,19-/m1/s1. The fourth-order valence-corrected chi connectivity index (χ4v) is 7.33. The minimum Gasteiger partial charge on any atom is -0.393 e. The van der Waals surface area contributed by atoms with Crippen molar-refractivity contribution in [3.63, 3.8) is 0 Å². The molecular formula is C19H32O2. The summed E-state index contributed by atoms with van der Waals surface area (Å²) in [6, 6.07) is 0. The van der Waals surface area contributed by atoms with Crippen molar-refractivity contribution in [1.29, 1.82) is 0 Å². The minimum absolute atomic E-state index is 0.0154. The largest absolute Gasteiger partial charge is 0.393 e. The van der Waals surface area contributed by atoms with E-state index in [1.54, 1.807) is 0 Å². The van der Waals surface area contributed by atoms with Crippen LogP contribution in [0.3, 0.4) is 0 Å². The summed E-state index contributed by atoms with van der Waals surface area (Å²) in [4.78, 5) is 0. The fraction of sp³-hybridized carbons (Fsp3) is 1.00. The number of hydrogen-bond acceptors (Lipinski definition) is 2. The monoisotopic (exact) mass is 292 g/mol. The average Bonchev–Trinajstić information content (AvgIpc) is 2.68. The van der Waals surface area contributed by atoms with Crippen molar-refractivity contribution in [1.82, 2.24) is 0 Å². The van der Waals surface area contributed by atoms with Crippen LogP contribution in [0.1, 0.15) is 71.6 Å². The van der Waals surface area contributed by atoms with Crippen LogP contribution in [-0.2, 0) is 0 Å². The molecule has 0 aromatic rings. The fourth-order valence-electron chi connectivity index (χ4n) is 7.33. The highest BCUT2D eigenvalue weighted by atomic mass is 16.3. The first-order valence-corrected chi connectivity index (χ1v) is 9.33. The smallest absolute Gasteiger partial charge is 0.0622 e. The molecule has 0 heterocycles. The summed E-state index contributed by atoms with van der Waals surface area (Å²) in [6.07, 6.45) is 10.8. The second-order valence-electron chi connectivity index (χ2n) is 9.19. The van der Waals surface area contributed by atoms with Crippen molar-refractivity contribution < 1.29 is 10.2 Å². The molecule has 4 aliphatic rings. The van der Waals surface area contributed by atoms with E-state index in [4.69, 9.17) is 0 Å². The van der Waals surface area contributed by atoms with Gasteiger partial charge in [0.15, 0.2) is 0 Å². The van der Waals surface area contributed by atoms with E-state index in [9.17, 15) is 10.2 Å². The van der Waals surface area contributed by atoms with Crippen LogP contribution in [0.4, 0.5) is 0 Å². The van der Waals surface area contributed by atoms with Gasteiger partial charge in [-0.25, -0.2) is 0 Å². The van der Waals surface area contributed by atoms with Crippen LogP contribution in [0.15, 0.2) is 0 Å². The summed E-state index contributed by atoms with van der Waals surface area (Å²) in [6.45, 7) is 4.82. The Bertz CT molecular complexity index is 422. The van der Waals surface area contributed by atoms with Gasteiger partial charge in [-0.15, -0.1) is 0 Å². The number of fused-ring (bicyclic) bond motifs is 5. The molecule has 4 aliphatic carbocycles. The quantitative estimate of drug-likeness (QED) is 0.714. The second-order valence-corrected chi connectivity index (χ2v) is 9.19. The number of aliphatic hydroxyl groups excluding tert-OH is 2. The molecular weight excluding hydrogens is 260 g/mol. The van der Waals surface area contributed by atoms with Gasteiger partial charge in [0.1, 0.15) is 0 Å². The maximum Gasteiger partial charge on any atom is 0.0622 e. The molecule has 21 heavy (non-hydrogen) atoms. The highest BCUT2D eigenvalue weighted by molar-refractivity contribution is 5.11. The number of hydrogen-bond donors (Lipinski definition) is 2. The van der Waals surface area contributed by atoms with Gasteiger partial charge in [0.05, 0.1) is 12.2 Å². The Morgan fingerprint density at radius 1 is 0.857 bits per heavy atom. The minimum atomic E-state index is -0.282. The van der Waals surface area contributed by atoms with E-state index in [0.29, 0.717) is 23.7 Å². The molecule has 0 aromatic heterocycles. The third-order valence-electron chi connectivity index (χ3n) is 8.52. The number of rotatable bonds is 0. The van der Waals surface area contributed by atoms with Gasteiger partial charge in [0, 0.05) is 6.42 Å². The number of aliphatic hydroxyl groups is 2. The molecule has 0 aliphatic heterocycles. The van der Waals surface area contributed by atoms with Crippen LogP contribution in [0, 0.1) is 34.5 Å². The van der Waals surface area contributed by atoms with Crippen molar-refractivity contribution in [3.8, 4) is 0 Å². The van der Waals surface area contributed by atoms with E-state index in [1.807, 2.05) is 0 Å². The highest BCUT2D eigenvalue weighted by Crippen LogP contribution is 2.66. The molecule has 0 radical (unpaired) electrons. The maximum atomic E-state index is 10.6. The molecule has 2 nitrogen and oxygen atoms in total. The Kier molecular flexibility index (Phi) is 3.25. The molecule has 120 valence electrons. The first-order chi connectivity index (χ1) is 9.97. The van der Waals surface area contributed by atoms with E-state index in [-0.39, 0.29) is 17.6 Å². The SMILES string of the molecule is C[C@]12CC[C@H]3[C@@H](CC[C@H]4CCCC[C@@]43C)[C@@H]1[C@H](O)C[C@@H]2O. The molecule has 0 bridgehead atoms. The summed E-state index contributed by atoms with van der Waals surface area (Å²) >= 11 is 0. The van der Waals surface area contributed by atoms with Crippen LogP contribution in [0.5, 0.6) is 0 Å². The lowest BCUT2D eigenvalue weighted by atomic mass is 9.45. The van der Waals surface area contributed by atoms with Crippen LogP contribution < -0.4 is 0 Å². The zero-order chi connectivity index (χ0) is 14.8. The topological polar surface area (TPSA) is 40.5 Å². The van der Waals surface area contributed by atoms with Crippen LogP contribution in [0.25, 0.3) is 0 Å². The van der Waals surface area contributed by atoms with Gasteiger partial charge in [-0.3, -0.25) is 0 Å². The van der Waals surface area contributed by atoms with E-state index < -0.39 is 0 Å². The summed E-state index contributed by atoms with van der Waals surface area (Å²) in [5, 5.41) is 21.1. The van der Waals surface area contributed by atoms with Gasteiger partial charge < -0.3 is 10.2 Å². The first-order valence-electron chi connectivity index (χ1n) is 9.33. The molecule has 4 rings (SSSR count). The van der Waals surface area contributed by atoms with Gasteiger partial charge in [-0.2, -0.15) is 0 Å². The van der Waals surface area contributed by atoms with Gasteiger partial charge >= 0.3 is 0 Å². The third-order valence-corrected chi connectivity index (χ3v) is 8.52. The van der Waals surface area contributed by atoms with E-state index in [0.717, 1.165) is 18.3 Å². The first kappa shape index (κ1) is 14.5. The average molecular weight is 292 g/mol. The lowest BCUT2D eigenvalue weighted by Gasteiger charge is -2.60. The maximum absolute atomic E-state index is 10.6. The van der Waals surface area contributed by atoms with Gasteiger partial charge in [-0.05, 0) is 73.0 Å². The molecule has 0 amide bonds. The molecule has 4 fully saturated rings. The predicted molar refractivity (Wildman–Crippen MR) is 83.7 cm³/mol. The Labute approximate surface area is 129 Å². The third kappa shape index (κ3) is 1.84. The Hall–Kier alpha value is -0.0800. The Morgan fingerprint density at radius 2 is 1.67 bits per heavy atom. The lowest BCUT2D eigenvalue weighted by Crippen LogP contribution is -2.54. The van der Waals surface area contributed by atoms with Crippen molar-refractivity contribution in [3.05, 3.63) is 0 Å². The van der Waals surface area contributed by atoms with Gasteiger partial charge in [0.2, 0.25) is 0 Å². The van der Waals surface area contributed by atoms with E-state index in [1.165, 1.54) is 44.9 Å². The molecule has 0 saturated heterocycles. The van der Waals surface area contributed by atoms with Gasteiger partial charge in [0.25, 0.3) is 0 Å². The molecule has 8 atom stereocenters. The van der Waals surface area contributed by atoms with Crippen molar-refractivity contribution in [2.45, 2.75) is 83.8 Å². The van der Waals surface area contributed by atoms with E-state index >= 15 is 0 Å². The van der Waals surface area contributed by atoms with Crippen molar-refractivity contribution in [2.24, 2.45) is 34.5 Å². The summed E-state index contributed by atoms with van der Waals surface area (Å²) in [5.41, 5.74) is 0.508. The Morgan fingerprint density at radius 3 is 2.48 bits per heavy atom. The Balaban J connectivity index is 1.67. The molecule has 0 aromatic carbocycles. The lowest BCUT2D eigenvalue weighted by molar-refractivity contribution is -0.135. The molecule has 4 saturated carbocycles. The van der Waals surface area contributed by atoms with Crippen molar-refractivity contribution in [2.75, 3.05) is 0 Å². The zero-order valence-electron chi connectivity index (χ0n) is 13.7. The molecule has 2 heteroatoms. The highest BCUT2D eigenvalue weighted by Gasteiger charge is 2.62. The summed E-state index contributed by atoms with van der Waals surface area (Å²) in [5.74, 6) is 2.75. The van der Waals surface area contributed by atoms with Crippen LogP contribution in [0.2, 0.25) is 0 Å². The van der Waals surface area contributed by atoms with Gasteiger partial charge in [-0.1, -0.05) is 26.7 Å². The summed E-state index contributed by atoms with van der Waals surface area (Å²) in [7, 11) is 0. The van der Waals surface area contributed by atoms with Crippen LogP contribution in [-0.4, -0.2) is 22.4 Å². The molecule has 0 unspecified atom stereocenters. The molecule has 0 spiro atoms. The van der Waals surface area contributed by atoms with E-state index in [2.05, 4.69) is 13.8 Å². The summed E-state index contributed by atoms with van der Waals surface area (Å²) < 4.78 is 0. The van der Waals surface area contributed by atoms with Crippen LogP contribution >= 0.6 is 0 Å². The second kappa shape index (κ2) is 4.71. The zero-order valence-corrected chi connectivity index (χ0v) is 13.7. The normalized spacial score (nSPS) is 60.0.